The maximum Gasteiger partial charge on any atom is 0.324 e. The van der Waals surface area contributed by atoms with Crippen LogP contribution in [-0.2, 0) is 19.1 Å². The fourth-order valence-corrected chi connectivity index (χ4v) is 0.843. The van der Waals surface area contributed by atoms with Gasteiger partial charge >= 0.3 is 5.97 Å². The highest BCUT2D eigenvalue weighted by Crippen LogP contribution is 2.03. The van der Waals surface area contributed by atoms with Crippen LogP contribution in [0.1, 0.15) is 13.8 Å². The van der Waals surface area contributed by atoms with Gasteiger partial charge in [0, 0.05) is 0 Å². The molecule has 0 bridgehead atoms. The molecule has 0 radical (unpaired) electrons. The Balaban J connectivity index is 4.38. The van der Waals surface area contributed by atoms with Crippen molar-refractivity contribution in [3.05, 3.63) is 12.7 Å². The zero-order chi connectivity index (χ0) is 10.4. The van der Waals surface area contributed by atoms with Crippen LogP contribution in [0, 0.1) is 5.92 Å². The van der Waals surface area contributed by atoms with E-state index >= 15 is 0 Å². The average Bonchev–Trinajstić information content (AvgIpc) is 1.99. The van der Waals surface area contributed by atoms with Gasteiger partial charge < -0.3 is 4.74 Å². The third kappa shape index (κ3) is 3.64. The quantitative estimate of drug-likeness (QED) is 0.355. The van der Waals surface area contributed by atoms with Crippen molar-refractivity contribution in [2.24, 2.45) is 5.92 Å². The van der Waals surface area contributed by atoms with Gasteiger partial charge in [0.2, 0.25) is 0 Å². The highest BCUT2D eigenvalue weighted by molar-refractivity contribution is 6.15. The molecular formula is C9H12O4. The first-order valence-corrected chi connectivity index (χ1v) is 3.79. The minimum absolute atomic E-state index is 0.00981. The summed E-state index contributed by atoms with van der Waals surface area (Å²) in [7, 11) is 0. The number of rotatable bonds is 5. The van der Waals surface area contributed by atoms with Gasteiger partial charge in [-0.2, -0.15) is 0 Å². The van der Waals surface area contributed by atoms with E-state index in [4.69, 9.17) is 0 Å². The first-order valence-electron chi connectivity index (χ1n) is 3.79. The second-order valence-electron chi connectivity index (χ2n) is 2.57. The van der Waals surface area contributed by atoms with Gasteiger partial charge in [-0.05, 0) is 13.8 Å². The Labute approximate surface area is 76.6 Å². The van der Waals surface area contributed by atoms with E-state index in [-0.39, 0.29) is 6.61 Å². The number of esters is 1. The molecule has 0 aromatic rings. The van der Waals surface area contributed by atoms with Gasteiger partial charge in [-0.3, -0.25) is 14.4 Å². The summed E-state index contributed by atoms with van der Waals surface area (Å²) in [5, 5.41) is 0. The lowest BCUT2D eigenvalue weighted by atomic mass is 10.0. The summed E-state index contributed by atoms with van der Waals surface area (Å²) in [5.41, 5.74) is 0. The van der Waals surface area contributed by atoms with Gasteiger partial charge in [0.05, 0.1) is 0 Å². The van der Waals surface area contributed by atoms with Crippen LogP contribution in [0.15, 0.2) is 12.7 Å². The van der Waals surface area contributed by atoms with Crippen molar-refractivity contribution in [3.8, 4) is 0 Å². The highest BCUT2D eigenvalue weighted by Gasteiger charge is 2.29. The average molecular weight is 184 g/mol. The molecule has 0 N–H and O–H groups in total. The molecule has 0 saturated heterocycles. The van der Waals surface area contributed by atoms with E-state index < -0.39 is 23.5 Å². The number of carbonyl (C=O) groups is 3. The van der Waals surface area contributed by atoms with E-state index in [1.54, 1.807) is 0 Å². The van der Waals surface area contributed by atoms with Crippen LogP contribution in [0.2, 0.25) is 0 Å². The van der Waals surface area contributed by atoms with Crippen molar-refractivity contribution >= 4 is 17.5 Å². The van der Waals surface area contributed by atoms with E-state index in [0.29, 0.717) is 0 Å². The van der Waals surface area contributed by atoms with Crippen LogP contribution in [0.4, 0.5) is 0 Å². The molecule has 0 aliphatic heterocycles. The molecule has 13 heavy (non-hydrogen) atoms. The molecule has 0 aliphatic carbocycles. The molecule has 0 rings (SSSR count). The highest BCUT2D eigenvalue weighted by atomic mass is 16.5. The second kappa shape index (κ2) is 5.24. The lowest BCUT2D eigenvalue weighted by Crippen LogP contribution is -2.30. The van der Waals surface area contributed by atoms with Gasteiger partial charge in [0.1, 0.15) is 6.61 Å². The molecule has 0 heterocycles. The molecule has 0 atom stereocenters. The molecule has 4 nitrogen and oxygen atoms in total. The van der Waals surface area contributed by atoms with Crippen molar-refractivity contribution in [3.63, 3.8) is 0 Å². The lowest BCUT2D eigenvalue weighted by Gasteiger charge is -2.08. The van der Waals surface area contributed by atoms with Crippen molar-refractivity contribution < 1.29 is 19.1 Å². The Bertz CT molecular complexity index is 228. The maximum atomic E-state index is 11.1. The first-order chi connectivity index (χ1) is 6.00. The third-order valence-corrected chi connectivity index (χ3v) is 1.39. The second-order valence-corrected chi connectivity index (χ2v) is 2.57. The number of carbonyl (C=O) groups excluding carboxylic acids is 3. The van der Waals surface area contributed by atoms with Crippen LogP contribution in [0.25, 0.3) is 0 Å². The molecule has 0 aromatic heterocycles. The molecule has 0 unspecified atom stereocenters. The Morgan fingerprint density at radius 1 is 1.31 bits per heavy atom. The van der Waals surface area contributed by atoms with E-state index in [2.05, 4.69) is 11.3 Å². The van der Waals surface area contributed by atoms with Crippen molar-refractivity contribution in [1.29, 1.82) is 0 Å². The number of ketones is 2. The van der Waals surface area contributed by atoms with Gasteiger partial charge in [-0.1, -0.05) is 12.7 Å². The molecule has 0 saturated carbocycles. The summed E-state index contributed by atoms with van der Waals surface area (Å²) in [6, 6.07) is 0. The summed E-state index contributed by atoms with van der Waals surface area (Å²) in [4.78, 5) is 32.8. The van der Waals surface area contributed by atoms with Crippen LogP contribution >= 0.6 is 0 Å². The van der Waals surface area contributed by atoms with Crippen LogP contribution in [0.5, 0.6) is 0 Å². The van der Waals surface area contributed by atoms with E-state index in [0.717, 1.165) is 0 Å². The van der Waals surface area contributed by atoms with Gasteiger partial charge in [0.25, 0.3) is 0 Å². The van der Waals surface area contributed by atoms with Gasteiger partial charge in [0.15, 0.2) is 17.5 Å². The third-order valence-electron chi connectivity index (χ3n) is 1.39. The zero-order valence-electron chi connectivity index (χ0n) is 7.70. The summed E-state index contributed by atoms with van der Waals surface area (Å²) < 4.78 is 4.58. The Morgan fingerprint density at radius 2 is 1.77 bits per heavy atom. The molecule has 72 valence electrons. The van der Waals surface area contributed by atoms with Crippen LogP contribution in [0.3, 0.4) is 0 Å². The number of Topliss-reactive ketones (excluding diaryl/α,β-unsaturated/α-hetero) is 2. The minimum atomic E-state index is -1.28. The van der Waals surface area contributed by atoms with Gasteiger partial charge in [-0.25, -0.2) is 0 Å². The SMILES string of the molecule is C=CCOC(=O)C(C(C)=O)C(C)=O. The predicted molar refractivity (Wildman–Crippen MR) is 46.0 cm³/mol. The molecular weight excluding hydrogens is 172 g/mol. The zero-order valence-corrected chi connectivity index (χ0v) is 7.70. The minimum Gasteiger partial charge on any atom is -0.461 e. The van der Waals surface area contributed by atoms with E-state index in [9.17, 15) is 14.4 Å². The Morgan fingerprint density at radius 3 is 2.08 bits per heavy atom. The lowest BCUT2D eigenvalue weighted by molar-refractivity contribution is -0.153. The first kappa shape index (κ1) is 11.6. The maximum absolute atomic E-state index is 11.1. The summed E-state index contributed by atoms with van der Waals surface area (Å²) in [6.07, 6.45) is 1.37. The predicted octanol–water partition coefficient (Wildman–Crippen LogP) is 0.510. The van der Waals surface area contributed by atoms with Crippen molar-refractivity contribution in [2.45, 2.75) is 13.8 Å². The fraction of sp³-hybridized carbons (Fsp3) is 0.444. The summed E-state index contributed by atoms with van der Waals surface area (Å²) in [5.74, 6) is -3.08. The molecule has 4 heteroatoms. The Kier molecular flexibility index (Phi) is 4.66. The largest absolute Gasteiger partial charge is 0.461 e. The van der Waals surface area contributed by atoms with Gasteiger partial charge in [-0.15, -0.1) is 0 Å². The standard InChI is InChI=1S/C9H12O4/c1-4-5-13-9(12)8(6(2)10)7(3)11/h4,8H,1,5H2,2-3H3. The molecule has 0 aliphatic rings. The molecule has 0 amide bonds. The fourth-order valence-electron chi connectivity index (χ4n) is 0.843. The number of ether oxygens (including phenoxy) is 1. The topological polar surface area (TPSA) is 60.4 Å². The van der Waals surface area contributed by atoms with E-state index in [1.807, 2.05) is 0 Å². The van der Waals surface area contributed by atoms with Crippen LogP contribution in [-0.4, -0.2) is 24.1 Å². The number of hydrogen-bond donors (Lipinski definition) is 0. The number of hydrogen-bond acceptors (Lipinski definition) is 4. The normalized spacial score (nSPS) is 9.46. The molecule has 0 aromatic carbocycles. The monoisotopic (exact) mass is 184 g/mol. The summed E-state index contributed by atoms with van der Waals surface area (Å²) >= 11 is 0. The summed E-state index contributed by atoms with van der Waals surface area (Å²) in [6.45, 7) is 5.71. The van der Waals surface area contributed by atoms with Crippen LogP contribution < -0.4 is 0 Å². The van der Waals surface area contributed by atoms with Crippen molar-refractivity contribution in [2.75, 3.05) is 6.61 Å². The Hall–Kier alpha value is -1.45. The van der Waals surface area contributed by atoms with E-state index in [1.165, 1.54) is 19.9 Å². The molecule has 0 fully saturated rings. The molecule has 0 spiro atoms. The smallest absolute Gasteiger partial charge is 0.324 e. The van der Waals surface area contributed by atoms with Crippen molar-refractivity contribution in [1.82, 2.24) is 0 Å².